The van der Waals surface area contributed by atoms with E-state index in [0.717, 1.165) is 61.5 Å². The molecule has 3 aromatic heterocycles. The molecule has 4 aromatic carbocycles. The van der Waals surface area contributed by atoms with Crippen molar-refractivity contribution in [1.29, 1.82) is 0 Å². The molecule has 0 fully saturated rings. The maximum Gasteiger partial charge on any atom is 0.173 e. The van der Waals surface area contributed by atoms with Gasteiger partial charge in [0.05, 0.1) is 5.58 Å². The zero-order valence-corrected chi connectivity index (χ0v) is 28.4. The first kappa shape index (κ1) is 27.7. The second-order valence-corrected chi connectivity index (χ2v) is 12.1. The number of fused-ring (bicyclic) bond motifs is 6. The molecule has 5 heteroatoms. The van der Waals surface area contributed by atoms with Gasteiger partial charge in [-0.3, -0.25) is 0 Å². The van der Waals surface area contributed by atoms with E-state index >= 15 is 0 Å². The summed E-state index contributed by atoms with van der Waals surface area (Å²) >= 11 is 0. The molecule has 0 saturated heterocycles. The van der Waals surface area contributed by atoms with Gasteiger partial charge in [0.15, 0.2) is 11.3 Å². The molecule has 8 rings (SSSR count). The first-order valence-corrected chi connectivity index (χ1v) is 15.1. The number of hydrogen-bond acceptors (Lipinski definition) is 4. The van der Waals surface area contributed by atoms with E-state index in [4.69, 9.17) is 13.3 Å². The van der Waals surface area contributed by atoms with Crippen LogP contribution in [0.25, 0.3) is 44.5 Å². The van der Waals surface area contributed by atoms with E-state index in [1.54, 1.807) is 18.2 Å². The molecule has 0 N–H and O–H groups in total. The molecule has 0 unspecified atom stereocenters. The standard InChI is InChI=1S/C29H24NO2.C12H10N.Ir/c1-17(2)18-14-15-30-24(16-18)21-9-7-8-19-20-12-13-23-28(27(20)32-26(19)21)31-25-11-6-5-10-22(25)29(23,3)4;1-10-7-8-12(13-9-10)11-5-3-2-4-6-11;/h5-8,10-17H,1-4H3;2-5,7-9H,1H3;/q2*-1;/i;1D3;. The van der Waals surface area contributed by atoms with E-state index in [1.165, 1.54) is 17.3 Å². The average molecular weight is 782 g/mol. The van der Waals surface area contributed by atoms with Crippen LogP contribution in [0, 0.1) is 19.0 Å². The Kier molecular flexibility index (Phi) is 7.63. The molecule has 0 atom stereocenters. The second kappa shape index (κ2) is 12.7. The molecule has 7 aromatic rings. The molecule has 0 amide bonds. The average Bonchev–Trinajstić information content (AvgIpc) is 3.48. The number of rotatable bonds is 3. The number of furan rings is 1. The van der Waals surface area contributed by atoms with Gasteiger partial charge in [0, 0.05) is 58.5 Å². The van der Waals surface area contributed by atoms with Gasteiger partial charge >= 0.3 is 0 Å². The Balaban J connectivity index is 0.000000208. The van der Waals surface area contributed by atoms with Crippen molar-refractivity contribution in [3.8, 4) is 34.0 Å². The number of hydrogen-bond donors (Lipinski definition) is 0. The molecule has 0 bridgehead atoms. The molecular weight excluding hydrogens is 745 g/mol. The number of nitrogens with zero attached hydrogens (tertiary/aromatic N) is 2. The molecule has 0 spiro atoms. The van der Waals surface area contributed by atoms with Crippen LogP contribution < -0.4 is 4.74 Å². The fourth-order valence-electron chi connectivity index (χ4n) is 5.94. The largest absolute Gasteiger partial charge is 0.497 e. The van der Waals surface area contributed by atoms with Crippen LogP contribution in [-0.2, 0) is 25.5 Å². The number of para-hydroxylation sites is 1. The normalized spacial score (nSPS) is 14.1. The predicted octanol–water partition coefficient (Wildman–Crippen LogP) is 10.9. The SMILES string of the molecule is CC(C)c1ccnc(-c2[c-]ccc3c2oc2c4c(ccc23)C(C)(C)c2ccccc2O4)c1.[2H]C([2H])([2H])c1ccc(-c2[c-]cccc2)nc1.[Ir]. The van der Waals surface area contributed by atoms with E-state index in [9.17, 15) is 0 Å². The van der Waals surface area contributed by atoms with Crippen molar-refractivity contribution in [2.45, 2.75) is 45.9 Å². The molecule has 1 aliphatic rings. The minimum Gasteiger partial charge on any atom is -0.497 e. The van der Waals surface area contributed by atoms with Crippen LogP contribution in [0.3, 0.4) is 0 Å². The van der Waals surface area contributed by atoms with Crippen molar-refractivity contribution >= 4 is 21.9 Å². The van der Waals surface area contributed by atoms with Gasteiger partial charge in [-0.05, 0) is 41.9 Å². The summed E-state index contributed by atoms with van der Waals surface area (Å²) in [4.78, 5) is 8.75. The Hall–Kier alpha value is -4.57. The van der Waals surface area contributed by atoms with Crippen LogP contribution in [0.5, 0.6) is 11.5 Å². The van der Waals surface area contributed by atoms with E-state index in [1.807, 2.05) is 42.6 Å². The van der Waals surface area contributed by atoms with Crippen molar-refractivity contribution in [2.24, 2.45) is 0 Å². The fraction of sp³-hybridized carbons (Fsp3) is 0.171. The summed E-state index contributed by atoms with van der Waals surface area (Å²) in [5.41, 5.74) is 8.56. The summed E-state index contributed by atoms with van der Waals surface area (Å²) in [5.74, 6) is 2.11. The number of ether oxygens (including phenoxy) is 1. The molecule has 231 valence electrons. The summed E-state index contributed by atoms with van der Waals surface area (Å²) in [7, 11) is 0. The van der Waals surface area contributed by atoms with Crippen molar-refractivity contribution in [3.63, 3.8) is 0 Å². The van der Waals surface area contributed by atoms with Crippen LogP contribution in [0.15, 0.2) is 114 Å². The van der Waals surface area contributed by atoms with Crippen LogP contribution in [0.4, 0.5) is 0 Å². The summed E-state index contributed by atoms with van der Waals surface area (Å²) in [6.07, 6.45) is 3.26. The number of aromatic nitrogens is 2. The molecule has 0 aliphatic carbocycles. The third kappa shape index (κ3) is 5.66. The monoisotopic (exact) mass is 782 g/mol. The van der Waals surface area contributed by atoms with E-state index < -0.39 is 6.85 Å². The van der Waals surface area contributed by atoms with Gasteiger partial charge in [0.25, 0.3) is 0 Å². The molecule has 46 heavy (non-hydrogen) atoms. The van der Waals surface area contributed by atoms with Gasteiger partial charge in [-0.25, -0.2) is 0 Å². The van der Waals surface area contributed by atoms with Crippen molar-refractivity contribution < 1.29 is 33.4 Å². The maximum atomic E-state index is 7.23. The quantitative estimate of drug-likeness (QED) is 0.168. The zero-order chi connectivity index (χ0) is 33.6. The summed E-state index contributed by atoms with van der Waals surface area (Å²) in [5, 5.41) is 2.10. The van der Waals surface area contributed by atoms with Gasteiger partial charge in [-0.15, -0.1) is 54.1 Å². The zero-order valence-electron chi connectivity index (χ0n) is 29.0. The van der Waals surface area contributed by atoms with Gasteiger partial charge in [0.1, 0.15) is 5.75 Å². The van der Waals surface area contributed by atoms with Crippen LogP contribution in [0.2, 0.25) is 0 Å². The molecule has 1 radical (unpaired) electrons. The second-order valence-electron chi connectivity index (χ2n) is 12.1. The van der Waals surface area contributed by atoms with E-state index in [2.05, 4.69) is 92.3 Å². The Bertz CT molecular complexity index is 2260. The number of benzene rings is 4. The minimum atomic E-state index is -2.09. The molecular formula is C41H34IrN2O2-2. The van der Waals surface area contributed by atoms with Crippen molar-refractivity contribution in [3.05, 3.63) is 144 Å². The molecule has 1 aliphatic heterocycles. The topological polar surface area (TPSA) is 48.2 Å². The summed E-state index contributed by atoms with van der Waals surface area (Å²) in [6, 6.07) is 37.9. The van der Waals surface area contributed by atoms with Gasteiger partial charge in [-0.2, -0.15) is 0 Å². The van der Waals surface area contributed by atoms with Gasteiger partial charge < -0.3 is 19.1 Å². The molecule has 4 nitrogen and oxygen atoms in total. The minimum absolute atomic E-state index is 0. The summed E-state index contributed by atoms with van der Waals surface area (Å²) < 4.78 is 34.7. The van der Waals surface area contributed by atoms with E-state index in [0.29, 0.717) is 5.92 Å². The third-order valence-electron chi connectivity index (χ3n) is 8.46. The third-order valence-corrected chi connectivity index (χ3v) is 8.46. The van der Waals surface area contributed by atoms with Crippen molar-refractivity contribution in [2.75, 3.05) is 0 Å². The Labute approximate surface area is 288 Å². The van der Waals surface area contributed by atoms with Gasteiger partial charge in [0.2, 0.25) is 0 Å². The number of aryl methyl sites for hydroxylation is 1. The van der Waals surface area contributed by atoms with Crippen LogP contribution in [0.1, 0.15) is 60.0 Å². The van der Waals surface area contributed by atoms with Crippen LogP contribution >= 0.6 is 0 Å². The van der Waals surface area contributed by atoms with Crippen molar-refractivity contribution in [1.82, 2.24) is 9.97 Å². The molecule has 0 saturated carbocycles. The fourth-order valence-corrected chi connectivity index (χ4v) is 5.94. The first-order chi connectivity index (χ1) is 23.0. The summed E-state index contributed by atoms with van der Waals surface area (Å²) in [6.45, 7) is 6.76. The van der Waals surface area contributed by atoms with E-state index in [-0.39, 0.29) is 31.1 Å². The Morgan fingerprint density at radius 1 is 0.783 bits per heavy atom. The molecule has 4 heterocycles. The Morgan fingerprint density at radius 2 is 1.61 bits per heavy atom. The predicted molar refractivity (Wildman–Crippen MR) is 182 cm³/mol. The number of pyridine rings is 2. The Morgan fingerprint density at radius 3 is 2.37 bits per heavy atom. The maximum absolute atomic E-state index is 7.23. The van der Waals surface area contributed by atoms with Crippen LogP contribution in [-0.4, -0.2) is 9.97 Å². The van der Waals surface area contributed by atoms with Gasteiger partial charge in [-0.1, -0.05) is 92.7 Å². The first-order valence-electron chi connectivity index (χ1n) is 16.6. The smallest absolute Gasteiger partial charge is 0.173 e.